The molecule has 0 saturated heterocycles. The zero-order valence-electron chi connectivity index (χ0n) is 15.4. The van der Waals surface area contributed by atoms with Crippen LogP contribution in [0.3, 0.4) is 0 Å². The Kier molecular flexibility index (Phi) is 7.67. The van der Waals surface area contributed by atoms with Gasteiger partial charge in [-0.2, -0.15) is 0 Å². The van der Waals surface area contributed by atoms with Crippen LogP contribution in [0.25, 0.3) is 0 Å². The lowest BCUT2D eigenvalue weighted by Gasteiger charge is -2.29. The average molecular weight is 477 g/mol. The number of methoxy groups -OCH3 is 1. The maximum absolute atomic E-state index is 12.4. The van der Waals surface area contributed by atoms with E-state index in [-0.39, 0.29) is 0 Å². The van der Waals surface area contributed by atoms with Crippen LogP contribution in [0.5, 0.6) is 5.75 Å². The third-order valence-electron chi connectivity index (χ3n) is 3.44. The molecule has 3 amide bonds. The van der Waals surface area contributed by atoms with E-state index in [9.17, 15) is 14.4 Å². The number of nitrogens with one attached hydrogen (secondary N) is 2. The fourth-order valence-corrected chi connectivity index (χ4v) is 2.53. The second-order valence-corrected chi connectivity index (χ2v) is 7.91. The van der Waals surface area contributed by atoms with Crippen molar-refractivity contribution >= 4 is 46.2 Å². The Balaban J connectivity index is 2.82. The SMILES string of the molecule is COc1ccc(I)c(NC(=O)[C@@H](C)NC(=O)[C@H](OC(N)=O)C(C)(C)C)c1. The van der Waals surface area contributed by atoms with Gasteiger partial charge in [0.1, 0.15) is 11.8 Å². The van der Waals surface area contributed by atoms with Crippen LogP contribution in [0.4, 0.5) is 10.5 Å². The molecule has 0 aliphatic rings. The molecule has 26 heavy (non-hydrogen) atoms. The van der Waals surface area contributed by atoms with Gasteiger partial charge >= 0.3 is 6.09 Å². The summed E-state index contributed by atoms with van der Waals surface area (Å²) in [6.45, 7) is 6.71. The lowest BCUT2D eigenvalue weighted by Crippen LogP contribution is -2.51. The van der Waals surface area contributed by atoms with Gasteiger partial charge in [0.25, 0.3) is 5.91 Å². The van der Waals surface area contributed by atoms with Gasteiger partial charge in [0.2, 0.25) is 5.91 Å². The van der Waals surface area contributed by atoms with E-state index in [2.05, 4.69) is 33.2 Å². The van der Waals surface area contributed by atoms with Gasteiger partial charge in [-0.3, -0.25) is 9.59 Å². The Hall–Kier alpha value is -2.04. The molecule has 4 N–H and O–H groups in total. The first-order chi connectivity index (χ1) is 12.0. The van der Waals surface area contributed by atoms with Crippen molar-refractivity contribution in [3.05, 3.63) is 21.8 Å². The predicted molar refractivity (Wildman–Crippen MR) is 106 cm³/mol. The van der Waals surface area contributed by atoms with Gasteiger partial charge in [0.05, 0.1) is 12.8 Å². The number of benzene rings is 1. The van der Waals surface area contributed by atoms with E-state index in [0.29, 0.717) is 11.4 Å². The number of carbonyl (C=O) groups excluding carboxylic acids is 3. The fourth-order valence-electron chi connectivity index (χ4n) is 2.06. The number of amides is 3. The van der Waals surface area contributed by atoms with E-state index < -0.39 is 35.5 Å². The molecule has 8 nitrogen and oxygen atoms in total. The van der Waals surface area contributed by atoms with E-state index in [1.54, 1.807) is 39.0 Å². The first-order valence-corrected chi connectivity index (χ1v) is 8.94. The summed E-state index contributed by atoms with van der Waals surface area (Å²) in [6, 6.07) is 4.40. The molecular formula is C17H24IN3O5. The molecule has 9 heteroatoms. The summed E-state index contributed by atoms with van der Waals surface area (Å²) < 4.78 is 10.9. The molecule has 1 rings (SSSR count). The lowest BCUT2D eigenvalue weighted by atomic mass is 9.88. The molecule has 0 saturated carbocycles. The number of halogens is 1. The maximum atomic E-state index is 12.4. The molecule has 0 bridgehead atoms. The van der Waals surface area contributed by atoms with Crippen LogP contribution in [-0.4, -0.2) is 37.2 Å². The van der Waals surface area contributed by atoms with Crippen molar-refractivity contribution < 1.29 is 23.9 Å². The van der Waals surface area contributed by atoms with Crippen molar-refractivity contribution in [2.75, 3.05) is 12.4 Å². The molecule has 144 valence electrons. The monoisotopic (exact) mass is 477 g/mol. The van der Waals surface area contributed by atoms with E-state index in [1.165, 1.54) is 14.0 Å². The molecule has 2 atom stereocenters. The molecule has 1 aromatic carbocycles. The largest absolute Gasteiger partial charge is 0.497 e. The van der Waals surface area contributed by atoms with Gasteiger partial charge in [-0.25, -0.2) is 4.79 Å². The third kappa shape index (κ3) is 6.36. The highest BCUT2D eigenvalue weighted by Crippen LogP contribution is 2.25. The Morgan fingerprint density at radius 1 is 1.19 bits per heavy atom. The van der Waals surface area contributed by atoms with Crippen molar-refractivity contribution in [3.8, 4) is 5.75 Å². The Morgan fingerprint density at radius 2 is 1.81 bits per heavy atom. The topological polar surface area (TPSA) is 120 Å². The zero-order valence-corrected chi connectivity index (χ0v) is 17.5. The second-order valence-electron chi connectivity index (χ2n) is 6.75. The summed E-state index contributed by atoms with van der Waals surface area (Å²) in [6.07, 6.45) is -2.17. The number of nitrogens with two attached hydrogens (primary N) is 1. The van der Waals surface area contributed by atoms with Crippen LogP contribution in [0.1, 0.15) is 27.7 Å². The first kappa shape index (κ1) is 22.0. The van der Waals surface area contributed by atoms with Crippen LogP contribution >= 0.6 is 22.6 Å². The van der Waals surface area contributed by atoms with Crippen LogP contribution in [0.2, 0.25) is 0 Å². The fraction of sp³-hybridized carbons (Fsp3) is 0.471. The molecule has 0 aromatic heterocycles. The summed E-state index contributed by atoms with van der Waals surface area (Å²) >= 11 is 2.08. The summed E-state index contributed by atoms with van der Waals surface area (Å²) in [5.74, 6) is -0.421. The van der Waals surface area contributed by atoms with Gasteiger partial charge < -0.3 is 25.8 Å². The molecule has 0 radical (unpaired) electrons. The molecule has 0 spiro atoms. The van der Waals surface area contributed by atoms with E-state index in [1.807, 2.05) is 0 Å². The number of anilines is 1. The minimum Gasteiger partial charge on any atom is -0.497 e. The van der Waals surface area contributed by atoms with Crippen LogP contribution in [-0.2, 0) is 14.3 Å². The van der Waals surface area contributed by atoms with Crippen molar-refractivity contribution in [3.63, 3.8) is 0 Å². The van der Waals surface area contributed by atoms with Gasteiger partial charge in [-0.1, -0.05) is 20.8 Å². The second kappa shape index (κ2) is 9.06. The Bertz CT molecular complexity index is 687. The summed E-state index contributed by atoms with van der Waals surface area (Å²) in [4.78, 5) is 35.9. The number of hydrogen-bond donors (Lipinski definition) is 3. The molecule has 1 aromatic rings. The smallest absolute Gasteiger partial charge is 0.405 e. The maximum Gasteiger partial charge on any atom is 0.405 e. The van der Waals surface area contributed by atoms with Crippen LogP contribution < -0.4 is 21.1 Å². The Labute approximate surface area is 166 Å². The van der Waals surface area contributed by atoms with Crippen LogP contribution in [0, 0.1) is 8.99 Å². The highest BCUT2D eigenvalue weighted by atomic mass is 127. The zero-order chi connectivity index (χ0) is 20.1. The molecular weight excluding hydrogens is 453 g/mol. The van der Waals surface area contributed by atoms with Crippen molar-refractivity contribution in [2.45, 2.75) is 39.8 Å². The minimum absolute atomic E-state index is 0.420. The molecule has 0 aliphatic carbocycles. The van der Waals surface area contributed by atoms with Crippen molar-refractivity contribution in [2.24, 2.45) is 11.1 Å². The lowest BCUT2D eigenvalue weighted by molar-refractivity contribution is -0.137. The normalized spacial score (nSPS) is 13.3. The van der Waals surface area contributed by atoms with Crippen LogP contribution in [0.15, 0.2) is 18.2 Å². The van der Waals surface area contributed by atoms with Gasteiger partial charge in [-0.15, -0.1) is 0 Å². The molecule has 0 aliphatic heterocycles. The standard InChI is InChI=1S/C17H24IN3O5/c1-9(20-15(23)13(17(2,3)4)26-16(19)24)14(22)21-12-8-10(25-5)6-7-11(12)18/h6-9,13H,1-5H3,(H2,19,24)(H,20,23)(H,21,22)/t9-,13+/m1/s1. The molecule has 0 heterocycles. The highest BCUT2D eigenvalue weighted by Gasteiger charge is 2.35. The van der Waals surface area contributed by atoms with Crippen molar-refractivity contribution in [1.29, 1.82) is 0 Å². The highest BCUT2D eigenvalue weighted by molar-refractivity contribution is 14.1. The van der Waals surface area contributed by atoms with E-state index in [0.717, 1.165) is 3.57 Å². The van der Waals surface area contributed by atoms with Gasteiger partial charge in [0.15, 0.2) is 6.10 Å². The summed E-state index contributed by atoms with van der Waals surface area (Å²) in [7, 11) is 1.53. The first-order valence-electron chi connectivity index (χ1n) is 7.86. The van der Waals surface area contributed by atoms with Crippen molar-refractivity contribution in [1.82, 2.24) is 5.32 Å². The van der Waals surface area contributed by atoms with Gasteiger partial charge in [0, 0.05) is 15.1 Å². The van der Waals surface area contributed by atoms with E-state index >= 15 is 0 Å². The quantitative estimate of drug-likeness (QED) is 0.543. The third-order valence-corrected chi connectivity index (χ3v) is 4.38. The summed E-state index contributed by atoms with van der Waals surface area (Å²) in [5, 5.41) is 5.28. The number of carbonyl (C=O) groups is 3. The molecule has 0 fully saturated rings. The average Bonchev–Trinajstić information content (AvgIpc) is 2.53. The Morgan fingerprint density at radius 3 is 2.31 bits per heavy atom. The van der Waals surface area contributed by atoms with Gasteiger partial charge in [-0.05, 0) is 41.6 Å². The number of ether oxygens (including phenoxy) is 2. The summed E-state index contributed by atoms with van der Waals surface area (Å²) in [5.41, 5.74) is 4.91. The molecule has 0 unspecified atom stereocenters. The van der Waals surface area contributed by atoms with E-state index in [4.69, 9.17) is 15.2 Å². The number of primary amides is 1. The number of hydrogen-bond acceptors (Lipinski definition) is 5. The number of rotatable bonds is 6. The predicted octanol–water partition coefficient (Wildman–Crippen LogP) is 2.25. The minimum atomic E-state index is -1.12.